The van der Waals surface area contributed by atoms with Gasteiger partial charge in [-0.25, -0.2) is 8.78 Å². The summed E-state index contributed by atoms with van der Waals surface area (Å²) in [5.74, 6) is -2.37. The van der Waals surface area contributed by atoms with Crippen LogP contribution in [0.1, 0.15) is 42.9 Å². The Morgan fingerprint density at radius 3 is 2.50 bits per heavy atom. The molecule has 0 bridgehead atoms. The van der Waals surface area contributed by atoms with Crippen molar-refractivity contribution in [1.82, 2.24) is 0 Å². The van der Waals surface area contributed by atoms with E-state index in [4.69, 9.17) is 17.3 Å². The van der Waals surface area contributed by atoms with E-state index in [0.717, 1.165) is 11.1 Å². The number of benzene rings is 1. The lowest BCUT2D eigenvalue weighted by molar-refractivity contribution is -0.0483. The van der Waals surface area contributed by atoms with E-state index in [1.54, 1.807) is 0 Å². The van der Waals surface area contributed by atoms with Crippen molar-refractivity contribution in [2.45, 2.75) is 44.6 Å². The van der Waals surface area contributed by atoms with Crippen molar-refractivity contribution in [3.05, 3.63) is 34.3 Å². The molecule has 1 aromatic carbocycles. The number of alkyl halides is 2. The summed E-state index contributed by atoms with van der Waals surface area (Å²) < 4.78 is 26.2. The summed E-state index contributed by atoms with van der Waals surface area (Å²) >= 11 is 6.07. The van der Waals surface area contributed by atoms with Crippen LogP contribution in [0.5, 0.6) is 0 Å². The Hall–Kier alpha value is -0.670. The summed E-state index contributed by atoms with van der Waals surface area (Å²) in [6, 6.07) is 5.53. The smallest absolute Gasteiger partial charge is 0.248 e. The first-order valence-electron chi connectivity index (χ1n) is 6.28. The van der Waals surface area contributed by atoms with Crippen molar-refractivity contribution in [2.24, 2.45) is 11.7 Å². The standard InChI is InChI=1S/C14H18ClF2N/c1-9-2-3-11(8-12(9)15)13(18)10-4-6-14(16,17)7-5-10/h2-3,8,10,13H,4-7,18H2,1H3. The van der Waals surface area contributed by atoms with Gasteiger partial charge in [0.25, 0.3) is 0 Å². The van der Waals surface area contributed by atoms with Crippen molar-refractivity contribution < 1.29 is 8.78 Å². The summed E-state index contributed by atoms with van der Waals surface area (Å²) in [5.41, 5.74) is 8.12. The quantitative estimate of drug-likeness (QED) is 0.845. The maximum Gasteiger partial charge on any atom is 0.248 e. The molecule has 0 radical (unpaired) electrons. The molecule has 2 N–H and O–H groups in total. The Morgan fingerprint density at radius 2 is 1.94 bits per heavy atom. The highest BCUT2D eigenvalue weighted by atomic mass is 35.5. The topological polar surface area (TPSA) is 26.0 Å². The summed E-state index contributed by atoms with van der Waals surface area (Å²) in [7, 11) is 0. The zero-order valence-corrected chi connectivity index (χ0v) is 11.2. The third-order valence-corrected chi connectivity index (χ3v) is 4.26. The highest BCUT2D eigenvalue weighted by Gasteiger charge is 2.37. The molecule has 0 amide bonds. The van der Waals surface area contributed by atoms with Gasteiger partial charge in [0.1, 0.15) is 0 Å². The first-order valence-corrected chi connectivity index (χ1v) is 6.66. The number of rotatable bonds is 2. The first-order chi connectivity index (χ1) is 8.39. The molecule has 0 spiro atoms. The molecule has 0 aromatic heterocycles. The fraction of sp³-hybridized carbons (Fsp3) is 0.571. The molecule has 1 fully saturated rings. The molecule has 1 nitrogen and oxygen atoms in total. The van der Waals surface area contributed by atoms with E-state index in [1.807, 2.05) is 25.1 Å². The molecular formula is C14H18ClF2N. The zero-order valence-electron chi connectivity index (χ0n) is 10.4. The van der Waals surface area contributed by atoms with Crippen molar-refractivity contribution in [2.75, 3.05) is 0 Å². The molecule has 0 heterocycles. The van der Waals surface area contributed by atoms with Gasteiger partial charge >= 0.3 is 0 Å². The number of hydrogen-bond donors (Lipinski definition) is 1. The van der Waals surface area contributed by atoms with Crippen LogP contribution in [-0.4, -0.2) is 5.92 Å². The normalized spacial score (nSPS) is 21.8. The highest BCUT2D eigenvalue weighted by molar-refractivity contribution is 6.31. The fourth-order valence-electron chi connectivity index (χ4n) is 2.51. The van der Waals surface area contributed by atoms with Gasteiger partial charge in [0, 0.05) is 23.9 Å². The lowest BCUT2D eigenvalue weighted by Crippen LogP contribution is -2.30. The van der Waals surface area contributed by atoms with E-state index in [9.17, 15) is 8.78 Å². The summed E-state index contributed by atoms with van der Waals surface area (Å²) in [4.78, 5) is 0. The minimum Gasteiger partial charge on any atom is -0.324 e. The molecule has 4 heteroatoms. The fourth-order valence-corrected chi connectivity index (χ4v) is 2.70. The van der Waals surface area contributed by atoms with Gasteiger partial charge in [0.05, 0.1) is 0 Å². The zero-order chi connectivity index (χ0) is 13.3. The van der Waals surface area contributed by atoms with Crippen LogP contribution in [0.2, 0.25) is 5.02 Å². The van der Waals surface area contributed by atoms with Gasteiger partial charge < -0.3 is 5.73 Å². The second-order valence-electron chi connectivity index (χ2n) is 5.23. The van der Waals surface area contributed by atoms with E-state index < -0.39 is 5.92 Å². The molecule has 2 rings (SSSR count). The molecule has 1 saturated carbocycles. The number of aryl methyl sites for hydroxylation is 1. The number of nitrogens with two attached hydrogens (primary N) is 1. The predicted molar refractivity (Wildman–Crippen MR) is 70.0 cm³/mol. The minimum absolute atomic E-state index is 0.0506. The van der Waals surface area contributed by atoms with E-state index >= 15 is 0 Å². The van der Waals surface area contributed by atoms with Gasteiger partial charge in [-0.2, -0.15) is 0 Å². The van der Waals surface area contributed by atoms with E-state index in [0.29, 0.717) is 17.9 Å². The molecule has 1 aromatic rings. The molecule has 0 aliphatic heterocycles. The average Bonchev–Trinajstić information content (AvgIpc) is 2.32. The Bertz CT molecular complexity index is 424. The lowest BCUT2D eigenvalue weighted by atomic mass is 9.80. The highest BCUT2D eigenvalue weighted by Crippen LogP contribution is 2.40. The predicted octanol–water partition coefficient (Wildman–Crippen LogP) is 4.47. The van der Waals surface area contributed by atoms with Crippen LogP contribution in [0, 0.1) is 12.8 Å². The first kappa shape index (κ1) is 13.8. The third-order valence-electron chi connectivity index (χ3n) is 3.85. The number of hydrogen-bond acceptors (Lipinski definition) is 1. The van der Waals surface area contributed by atoms with Crippen LogP contribution < -0.4 is 5.73 Å². The molecular weight excluding hydrogens is 256 g/mol. The van der Waals surface area contributed by atoms with Crippen molar-refractivity contribution in [3.63, 3.8) is 0 Å². The lowest BCUT2D eigenvalue weighted by Gasteiger charge is -2.32. The largest absolute Gasteiger partial charge is 0.324 e. The number of halogens is 3. The summed E-state index contributed by atoms with van der Waals surface area (Å²) in [5, 5.41) is 0.684. The maximum atomic E-state index is 13.1. The molecule has 100 valence electrons. The second-order valence-corrected chi connectivity index (χ2v) is 5.63. The van der Waals surface area contributed by atoms with Crippen molar-refractivity contribution in [3.8, 4) is 0 Å². The van der Waals surface area contributed by atoms with Gasteiger partial charge in [0.2, 0.25) is 5.92 Å². The van der Waals surface area contributed by atoms with Crippen LogP contribution in [0.4, 0.5) is 8.78 Å². The van der Waals surface area contributed by atoms with Crippen LogP contribution in [-0.2, 0) is 0 Å². The van der Waals surface area contributed by atoms with Crippen molar-refractivity contribution >= 4 is 11.6 Å². The van der Waals surface area contributed by atoms with Gasteiger partial charge in [-0.3, -0.25) is 0 Å². The Morgan fingerprint density at radius 1 is 1.33 bits per heavy atom. The summed E-state index contributed by atoms with van der Waals surface area (Å²) in [6.45, 7) is 1.93. The molecule has 1 aliphatic carbocycles. The van der Waals surface area contributed by atoms with Crippen molar-refractivity contribution in [1.29, 1.82) is 0 Å². The molecule has 0 saturated heterocycles. The third kappa shape index (κ3) is 3.01. The average molecular weight is 274 g/mol. The van der Waals surface area contributed by atoms with E-state index in [-0.39, 0.29) is 24.8 Å². The second kappa shape index (κ2) is 5.14. The summed E-state index contributed by atoms with van der Waals surface area (Å²) in [6.07, 6.45) is 0.870. The van der Waals surface area contributed by atoms with E-state index in [1.165, 1.54) is 0 Å². The van der Waals surface area contributed by atoms with Gasteiger partial charge in [-0.15, -0.1) is 0 Å². The van der Waals surface area contributed by atoms with Crippen LogP contribution in [0.15, 0.2) is 18.2 Å². The van der Waals surface area contributed by atoms with Crippen LogP contribution in [0.3, 0.4) is 0 Å². The SMILES string of the molecule is Cc1ccc(C(N)C2CCC(F)(F)CC2)cc1Cl. The van der Waals surface area contributed by atoms with E-state index in [2.05, 4.69) is 0 Å². The Labute approximate surface area is 111 Å². The Balaban J connectivity index is 2.07. The molecule has 1 aliphatic rings. The van der Waals surface area contributed by atoms with Gasteiger partial charge in [-0.05, 0) is 42.9 Å². The van der Waals surface area contributed by atoms with Gasteiger partial charge in [-0.1, -0.05) is 23.7 Å². The Kier molecular flexibility index (Phi) is 3.93. The van der Waals surface area contributed by atoms with Crippen LogP contribution in [0.25, 0.3) is 0 Å². The monoisotopic (exact) mass is 273 g/mol. The molecule has 1 unspecified atom stereocenters. The van der Waals surface area contributed by atoms with Crippen LogP contribution >= 0.6 is 11.6 Å². The molecule has 18 heavy (non-hydrogen) atoms. The molecule has 1 atom stereocenters. The minimum atomic E-state index is -2.50. The van der Waals surface area contributed by atoms with Gasteiger partial charge in [0.15, 0.2) is 0 Å². The maximum absolute atomic E-state index is 13.1.